The van der Waals surface area contributed by atoms with Crippen LogP contribution in [0.3, 0.4) is 0 Å². The zero-order valence-electron chi connectivity index (χ0n) is 18.5. The van der Waals surface area contributed by atoms with E-state index < -0.39 is 61.1 Å². The van der Waals surface area contributed by atoms with Gasteiger partial charge in [0.05, 0.1) is 18.5 Å². The number of fused-ring (bicyclic) bond motifs is 1. The Morgan fingerprint density at radius 2 is 1.89 bits per heavy atom. The number of methoxy groups -OCH3 is 1. The number of rotatable bonds is 8. The molecule has 0 bridgehead atoms. The number of nitrogens with zero attached hydrogens (tertiary/aromatic N) is 1. The highest BCUT2D eigenvalue weighted by molar-refractivity contribution is 6.20. The Balaban J connectivity index is 1.99. The number of alkyl halides is 3. The number of carbonyl (C=O) groups is 3. The van der Waals surface area contributed by atoms with Crippen LogP contribution in [0.15, 0.2) is 47.5 Å². The number of nitrogens with one attached hydrogen (secondary N) is 2. The van der Waals surface area contributed by atoms with Crippen LogP contribution in [0.2, 0.25) is 0 Å². The summed E-state index contributed by atoms with van der Waals surface area (Å²) < 4.78 is 58.1. The van der Waals surface area contributed by atoms with E-state index in [9.17, 15) is 27.6 Å². The summed E-state index contributed by atoms with van der Waals surface area (Å²) in [5.74, 6) is -5.40. The fraction of sp³-hybridized carbons (Fsp3) is 0.304. The van der Waals surface area contributed by atoms with Crippen molar-refractivity contribution in [1.82, 2.24) is 5.32 Å². The van der Waals surface area contributed by atoms with Crippen LogP contribution >= 0.6 is 0 Å². The summed E-state index contributed by atoms with van der Waals surface area (Å²) in [7, 11) is 1.25. The van der Waals surface area contributed by atoms with Crippen LogP contribution in [0.4, 0.5) is 23.2 Å². The van der Waals surface area contributed by atoms with E-state index in [0.717, 1.165) is 0 Å². The Morgan fingerprint density at radius 3 is 2.49 bits per heavy atom. The molecule has 2 aromatic carbocycles. The first-order valence-electron chi connectivity index (χ1n) is 10.5. The topological polar surface area (TPSA) is 123 Å². The van der Waals surface area contributed by atoms with Crippen LogP contribution in [-0.2, 0) is 14.4 Å². The first-order valence-corrected chi connectivity index (χ1v) is 10.5. The van der Waals surface area contributed by atoms with Crippen molar-refractivity contribution in [1.29, 1.82) is 0 Å². The zero-order valence-corrected chi connectivity index (χ0v) is 18.5. The van der Waals surface area contributed by atoms with E-state index in [1.54, 1.807) is 30.3 Å². The lowest BCUT2D eigenvalue weighted by molar-refractivity contribution is -0.143. The van der Waals surface area contributed by atoms with Gasteiger partial charge in [-0.2, -0.15) is 13.2 Å². The summed E-state index contributed by atoms with van der Waals surface area (Å²) in [6.07, 6.45) is -8.89. The Bertz CT molecular complexity index is 1150. The molecule has 8 nitrogen and oxygen atoms in total. The molecule has 0 saturated carbocycles. The Morgan fingerprint density at radius 1 is 1.20 bits per heavy atom. The molecule has 0 aliphatic carbocycles. The Labute approximate surface area is 197 Å². The van der Waals surface area contributed by atoms with Gasteiger partial charge in [-0.15, -0.1) is 0 Å². The second-order valence-electron chi connectivity index (χ2n) is 7.77. The summed E-state index contributed by atoms with van der Waals surface area (Å²) in [4.78, 5) is 41.3. The number of anilines is 1. The third kappa shape index (κ3) is 6.34. The fourth-order valence-corrected chi connectivity index (χ4v) is 3.57. The van der Waals surface area contributed by atoms with Crippen LogP contribution in [0.5, 0.6) is 5.75 Å². The average molecular weight is 494 g/mol. The molecule has 3 rings (SSSR count). The number of primary amides is 1. The molecule has 186 valence electrons. The third-order valence-corrected chi connectivity index (χ3v) is 5.26. The van der Waals surface area contributed by atoms with Crippen molar-refractivity contribution < 1.29 is 36.7 Å². The van der Waals surface area contributed by atoms with Gasteiger partial charge in [0.2, 0.25) is 18.0 Å². The number of hydrogen-bond donors (Lipinski definition) is 3. The third-order valence-electron chi connectivity index (χ3n) is 5.26. The minimum absolute atomic E-state index is 0.146. The van der Waals surface area contributed by atoms with Crippen molar-refractivity contribution >= 4 is 29.1 Å². The van der Waals surface area contributed by atoms with E-state index in [1.165, 1.54) is 19.2 Å². The van der Waals surface area contributed by atoms with Crippen molar-refractivity contribution in [2.24, 2.45) is 16.6 Å². The van der Waals surface area contributed by atoms with Crippen molar-refractivity contribution in [3.05, 3.63) is 59.4 Å². The quantitative estimate of drug-likeness (QED) is 0.489. The molecule has 0 saturated heterocycles. The maximum Gasteiger partial charge on any atom is 0.389 e. The molecular weight excluding hydrogens is 472 g/mol. The molecule has 1 heterocycles. The summed E-state index contributed by atoms with van der Waals surface area (Å²) in [5, 5.41) is 4.63. The summed E-state index contributed by atoms with van der Waals surface area (Å²) in [6.45, 7) is 0. The largest absolute Gasteiger partial charge is 0.494 e. The van der Waals surface area contributed by atoms with Gasteiger partial charge in [0.25, 0.3) is 5.91 Å². The zero-order chi connectivity index (χ0) is 25.8. The predicted octanol–water partition coefficient (Wildman–Crippen LogP) is 2.90. The number of halogens is 4. The summed E-state index contributed by atoms with van der Waals surface area (Å²) in [5.41, 5.74) is 5.69. The highest BCUT2D eigenvalue weighted by atomic mass is 19.4. The number of benzodiazepines with no additional fused rings is 1. The van der Waals surface area contributed by atoms with Crippen LogP contribution < -0.4 is 21.1 Å². The molecule has 1 aliphatic rings. The number of aliphatic imine (C=N–C) groups is 1. The van der Waals surface area contributed by atoms with Gasteiger partial charge in [-0.3, -0.25) is 14.4 Å². The average Bonchev–Trinajstić information content (AvgIpc) is 2.93. The first kappa shape index (κ1) is 25.7. The van der Waals surface area contributed by atoms with Crippen LogP contribution in [0, 0.1) is 11.7 Å². The number of ether oxygens (including phenoxy) is 1. The number of hydrogen-bond acceptors (Lipinski definition) is 5. The molecule has 2 unspecified atom stereocenters. The van der Waals surface area contributed by atoms with E-state index in [-0.39, 0.29) is 22.7 Å². The first-order chi connectivity index (χ1) is 16.5. The van der Waals surface area contributed by atoms with Gasteiger partial charge in [-0.05, 0) is 18.6 Å². The maximum atomic E-state index is 15.0. The van der Waals surface area contributed by atoms with Gasteiger partial charge in [0, 0.05) is 29.9 Å². The number of benzene rings is 2. The minimum atomic E-state index is -4.56. The van der Waals surface area contributed by atoms with Gasteiger partial charge in [-0.25, -0.2) is 9.38 Å². The Kier molecular flexibility index (Phi) is 7.72. The van der Waals surface area contributed by atoms with Gasteiger partial charge in [-0.1, -0.05) is 30.3 Å². The van der Waals surface area contributed by atoms with Gasteiger partial charge >= 0.3 is 6.18 Å². The SMILES string of the molecule is COc1ccc2c(c1F)NC(=O)C(NC(=O)C(CCC(F)(F)F)CC(N)=O)N=C2c1ccccc1. The van der Waals surface area contributed by atoms with E-state index in [2.05, 4.69) is 15.6 Å². The van der Waals surface area contributed by atoms with Gasteiger partial charge in [0.15, 0.2) is 11.6 Å². The predicted molar refractivity (Wildman–Crippen MR) is 118 cm³/mol. The molecule has 0 spiro atoms. The maximum absolute atomic E-state index is 15.0. The van der Waals surface area contributed by atoms with E-state index in [4.69, 9.17) is 10.5 Å². The molecule has 35 heavy (non-hydrogen) atoms. The lowest BCUT2D eigenvalue weighted by atomic mass is 9.97. The Hall–Kier alpha value is -3.96. The minimum Gasteiger partial charge on any atom is -0.494 e. The second-order valence-corrected chi connectivity index (χ2v) is 7.77. The number of nitrogens with two attached hydrogens (primary N) is 1. The van der Waals surface area contributed by atoms with Crippen LogP contribution in [-0.4, -0.2) is 42.9 Å². The second kappa shape index (κ2) is 10.5. The molecule has 4 N–H and O–H groups in total. The van der Waals surface area contributed by atoms with Crippen molar-refractivity contribution in [3.8, 4) is 5.75 Å². The molecule has 12 heteroatoms. The summed E-state index contributed by atoms with van der Waals surface area (Å²) >= 11 is 0. The number of amides is 3. The summed E-state index contributed by atoms with van der Waals surface area (Å²) in [6, 6.07) is 11.2. The fourth-order valence-electron chi connectivity index (χ4n) is 3.57. The standard InChI is InChI=1S/C23H22F4N4O4/c1-35-15-8-7-14-18(12-5-3-2-4-6-12)29-20(22(34)30-19(14)17(15)24)31-21(33)13(11-16(28)32)9-10-23(25,26)27/h2-8,13,20H,9-11H2,1H3,(H2,28,32)(H,30,34)(H,31,33). The van der Waals surface area contributed by atoms with Crippen molar-refractivity contribution in [2.75, 3.05) is 12.4 Å². The van der Waals surface area contributed by atoms with Gasteiger partial charge < -0.3 is 21.1 Å². The molecule has 0 radical (unpaired) electrons. The molecule has 1 aliphatic heterocycles. The van der Waals surface area contributed by atoms with Crippen LogP contribution in [0.1, 0.15) is 30.4 Å². The molecule has 0 fully saturated rings. The molecule has 0 aromatic heterocycles. The lowest BCUT2D eigenvalue weighted by Crippen LogP contribution is -2.45. The monoisotopic (exact) mass is 494 g/mol. The lowest BCUT2D eigenvalue weighted by Gasteiger charge is -2.19. The van der Waals surface area contributed by atoms with Crippen molar-refractivity contribution in [2.45, 2.75) is 31.6 Å². The van der Waals surface area contributed by atoms with E-state index >= 15 is 4.39 Å². The molecule has 2 aromatic rings. The van der Waals surface area contributed by atoms with Gasteiger partial charge in [0.1, 0.15) is 0 Å². The highest BCUT2D eigenvalue weighted by Crippen LogP contribution is 2.32. The molecule has 2 atom stereocenters. The van der Waals surface area contributed by atoms with Crippen LogP contribution in [0.25, 0.3) is 0 Å². The number of carbonyl (C=O) groups excluding carboxylic acids is 3. The highest BCUT2D eigenvalue weighted by Gasteiger charge is 2.34. The van der Waals surface area contributed by atoms with Crippen molar-refractivity contribution in [3.63, 3.8) is 0 Å². The van der Waals surface area contributed by atoms with E-state index in [0.29, 0.717) is 5.56 Å². The molecular formula is C23H22F4N4O4. The normalized spacial score (nSPS) is 16.3. The smallest absolute Gasteiger partial charge is 0.389 e. The molecule has 3 amide bonds. The van der Waals surface area contributed by atoms with E-state index in [1.807, 2.05) is 0 Å².